The van der Waals surface area contributed by atoms with Crippen LogP contribution in [0.1, 0.15) is 31.1 Å². The Bertz CT molecular complexity index is 505. The number of benzene rings is 1. The minimum absolute atomic E-state index is 0.0229. The number of hydrogen-bond acceptors (Lipinski definition) is 3. The SMILES string of the molecule is CCn1cncc1COc1cccc(C(C)N)c1. The number of ether oxygens (including phenoxy) is 1. The molecular weight excluding hydrogens is 226 g/mol. The molecule has 18 heavy (non-hydrogen) atoms. The van der Waals surface area contributed by atoms with Gasteiger partial charge in [0, 0.05) is 12.6 Å². The normalized spacial score (nSPS) is 12.4. The lowest BCUT2D eigenvalue weighted by atomic mass is 10.1. The lowest BCUT2D eigenvalue weighted by Gasteiger charge is -2.10. The summed E-state index contributed by atoms with van der Waals surface area (Å²) in [5.74, 6) is 0.841. The molecule has 0 saturated carbocycles. The van der Waals surface area contributed by atoms with E-state index in [4.69, 9.17) is 10.5 Å². The summed E-state index contributed by atoms with van der Waals surface area (Å²) in [6.07, 6.45) is 3.65. The van der Waals surface area contributed by atoms with Crippen molar-refractivity contribution in [3.63, 3.8) is 0 Å². The number of imidazole rings is 1. The van der Waals surface area contributed by atoms with E-state index in [1.165, 1.54) is 0 Å². The predicted octanol–water partition coefficient (Wildman–Crippen LogP) is 2.50. The summed E-state index contributed by atoms with van der Waals surface area (Å²) >= 11 is 0. The first-order chi connectivity index (χ1) is 8.70. The van der Waals surface area contributed by atoms with Crippen molar-refractivity contribution in [3.8, 4) is 5.75 Å². The molecule has 2 rings (SSSR count). The van der Waals surface area contributed by atoms with Crippen molar-refractivity contribution >= 4 is 0 Å². The third-order valence-corrected chi connectivity index (χ3v) is 2.91. The molecule has 2 N–H and O–H groups in total. The zero-order valence-electron chi connectivity index (χ0n) is 10.8. The Morgan fingerprint density at radius 3 is 3.00 bits per heavy atom. The summed E-state index contributed by atoms with van der Waals surface area (Å²) in [6.45, 7) is 5.47. The second-order valence-corrected chi connectivity index (χ2v) is 4.32. The maximum Gasteiger partial charge on any atom is 0.130 e. The molecule has 0 aliphatic carbocycles. The monoisotopic (exact) mass is 245 g/mol. The van der Waals surface area contributed by atoms with Crippen LogP contribution in [-0.2, 0) is 13.2 Å². The van der Waals surface area contributed by atoms with E-state index < -0.39 is 0 Å². The van der Waals surface area contributed by atoms with Crippen LogP contribution in [-0.4, -0.2) is 9.55 Å². The van der Waals surface area contributed by atoms with Gasteiger partial charge in [-0.2, -0.15) is 0 Å². The largest absolute Gasteiger partial charge is 0.487 e. The fraction of sp³-hybridized carbons (Fsp3) is 0.357. The third kappa shape index (κ3) is 2.90. The van der Waals surface area contributed by atoms with E-state index in [-0.39, 0.29) is 6.04 Å². The topological polar surface area (TPSA) is 53.1 Å². The van der Waals surface area contributed by atoms with Crippen molar-refractivity contribution in [1.82, 2.24) is 9.55 Å². The number of aryl methyl sites for hydroxylation is 1. The fourth-order valence-corrected chi connectivity index (χ4v) is 1.80. The van der Waals surface area contributed by atoms with Crippen LogP contribution in [0.5, 0.6) is 5.75 Å². The molecule has 0 spiro atoms. The van der Waals surface area contributed by atoms with Crippen LogP contribution < -0.4 is 10.5 Å². The lowest BCUT2D eigenvalue weighted by Crippen LogP contribution is -2.06. The molecule has 1 atom stereocenters. The highest BCUT2D eigenvalue weighted by Crippen LogP contribution is 2.18. The molecule has 0 saturated heterocycles. The van der Waals surface area contributed by atoms with Crippen molar-refractivity contribution in [1.29, 1.82) is 0 Å². The van der Waals surface area contributed by atoms with Crippen LogP contribution in [0.3, 0.4) is 0 Å². The standard InChI is InChI=1S/C14H19N3O/c1-3-17-10-16-8-13(17)9-18-14-6-4-5-12(7-14)11(2)15/h4-8,10-11H,3,9,15H2,1-2H3. The first-order valence-electron chi connectivity index (χ1n) is 6.18. The highest BCUT2D eigenvalue weighted by Gasteiger charge is 2.04. The van der Waals surface area contributed by atoms with E-state index >= 15 is 0 Å². The fourth-order valence-electron chi connectivity index (χ4n) is 1.80. The Balaban J connectivity index is 2.04. The van der Waals surface area contributed by atoms with Crippen molar-refractivity contribution in [2.75, 3.05) is 0 Å². The summed E-state index contributed by atoms with van der Waals surface area (Å²) in [4.78, 5) is 4.11. The highest BCUT2D eigenvalue weighted by atomic mass is 16.5. The van der Waals surface area contributed by atoms with Crippen molar-refractivity contribution < 1.29 is 4.74 Å². The van der Waals surface area contributed by atoms with Gasteiger partial charge in [0.15, 0.2) is 0 Å². The van der Waals surface area contributed by atoms with Crippen LogP contribution in [0.4, 0.5) is 0 Å². The summed E-state index contributed by atoms with van der Waals surface area (Å²) < 4.78 is 7.83. The van der Waals surface area contributed by atoms with Crippen LogP contribution in [0.2, 0.25) is 0 Å². The van der Waals surface area contributed by atoms with Gasteiger partial charge in [-0.1, -0.05) is 12.1 Å². The van der Waals surface area contributed by atoms with Crippen LogP contribution >= 0.6 is 0 Å². The van der Waals surface area contributed by atoms with E-state index in [0.29, 0.717) is 6.61 Å². The molecule has 0 fully saturated rings. The first-order valence-corrected chi connectivity index (χ1v) is 6.18. The molecule has 0 amide bonds. The molecular formula is C14H19N3O. The van der Waals surface area contributed by atoms with Crippen molar-refractivity contribution in [2.24, 2.45) is 5.73 Å². The van der Waals surface area contributed by atoms with Gasteiger partial charge < -0.3 is 15.0 Å². The molecule has 2 aromatic rings. The molecule has 1 aromatic carbocycles. The molecule has 0 aliphatic rings. The quantitative estimate of drug-likeness (QED) is 0.880. The Hall–Kier alpha value is -1.81. The molecule has 0 radical (unpaired) electrons. The Morgan fingerprint density at radius 1 is 1.44 bits per heavy atom. The van der Waals surface area contributed by atoms with Gasteiger partial charge >= 0.3 is 0 Å². The number of nitrogens with two attached hydrogens (primary N) is 1. The average Bonchev–Trinajstić information content (AvgIpc) is 2.84. The van der Waals surface area contributed by atoms with E-state index in [1.54, 1.807) is 0 Å². The molecule has 1 heterocycles. The zero-order chi connectivity index (χ0) is 13.0. The molecule has 0 bridgehead atoms. The van der Waals surface area contributed by atoms with Gasteiger partial charge in [-0.25, -0.2) is 4.98 Å². The second kappa shape index (κ2) is 5.69. The molecule has 96 valence electrons. The van der Waals surface area contributed by atoms with Crippen molar-refractivity contribution in [2.45, 2.75) is 33.0 Å². The smallest absolute Gasteiger partial charge is 0.130 e. The van der Waals surface area contributed by atoms with Crippen LogP contribution in [0, 0.1) is 0 Å². The van der Waals surface area contributed by atoms with Crippen molar-refractivity contribution in [3.05, 3.63) is 48.0 Å². The molecule has 1 aromatic heterocycles. The molecule has 0 aliphatic heterocycles. The summed E-state index contributed by atoms with van der Waals surface area (Å²) in [6, 6.07) is 7.92. The van der Waals surface area contributed by atoms with E-state index in [2.05, 4.69) is 16.5 Å². The zero-order valence-corrected chi connectivity index (χ0v) is 10.8. The van der Waals surface area contributed by atoms with Gasteiger partial charge in [-0.15, -0.1) is 0 Å². The highest BCUT2D eigenvalue weighted by molar-refractivity contribution is 5.30. The Kier molecular flexibility index (Phi) is 3.99. The lowest BCUT2D eigenvalue weighted by molar-refractivity contribution is 0.295. The molecule has 4 nitrogen and oxygen atoms in total. The number of hydrogen-bond donors (Lipinski definition) is 1. The first kappa shape index (κ1) is 12.6. The van der Waals surface area contributed by atoms with E-state index in [0.717, 1.165) is 23.6 Å². The summed E-state index contributed by atoms with van der Waals surface area (Å²) in [7, 11) is 0. The van der Waals surface area contributed by atoms with Gasteiger partial charge in [-0.05, 0) is 31.5 Å². The van der Waals surface area contributed by atoms with Crippen LogP contribution in [0.25, 0.3) is 0 Å². The number of nitrogens with zero attached hydrogens (tertiary/aromatic N) is 2. The number of aromatic nitrogens is 2. The maximum absolute atomic E-state index is 5.85. The van der Waals surface area contributed by atoms with Gasteiger partial charge in [0.05, 0.1) is 18.2 Å². The summed E-state index contributed by atoms with van der Waals surface area (Å²) in [5, 5.41) is 0. The minimum atomic E-state index is 0.0229. The number of rotatable bonds is 5. The summed E-state index contributed by atoms with van der Waals surface area (Å²) in [5.41, 5.74) is 8.00. The second-order valence-electron chi connectivity index (χ2n) is 4.32. The predicted molar refractivity (Wildman–Crippen MR) is 71.3 cm³/mol. The minimum Gasteiger partial charge on any atom is -0.487 e. The van der Waals surface area contributed by atoms with Gasteiger partial charge in [0.25, 0.3) is 0 Å². The van der Waals surface area contributed by atoms with Gasteiger partial charge in [0.1, 0.15) is 12.4 Å². The van der Waals surface area contributed by atoms with Gasteiger partial charge in [-0.3, -0.25) is 0 Å². The van der Waals surface area contributed by atoms with Crippen LogP contribution in [0.15, 0.2) is 36.8 Å². The van der Waals surface area contributed by atoms with Gasteiger partial charge in [0.2, 0.25) is 0 Å². The molecule has 1 unspecified atom stereocenters. The van der Waals surface area contributed by atoms with E-state index in [1.807, 2.05) is 43.7 Å². The molecule has 4 heteroatoms. The maximum atomic E-state index is 5.85. The van der Waals surface area contributed by atoms with E-state index in [9.17, 15) is 0 Å². The average molecular weight is 245 g/mol. The Labute approximate surface area is 107 Å². The Morgan fingerprint density at radius 2 is 2.28 bits per heavy atom. The third-order valence-electron chi connectivity index (χ3n) is 2.91.